The molecule has 102 valence electrons. The number of rotatable bonds is 5. The average molecular weight is 258 g/mol. The molecule has 0 bridgehead atoms. The molecular formula is C15H22N4. The van der Waals surface area contributed by atoms with E-state index in [0.29, 0.717) is 0 Å². The van der Waals surface area contributed by atoms with Crippen LogP contribution in [0.25, 0.3) is 0 Å². The lowest BCUT2D eigenvalue weighted by Gasteiger charge is -2.06. The van der Waals surface area contributed by atoms with E-state index in [1.165, 1.54) is 11.3 Å². The van der Waals surface area contributed by atoms with Crippen LogP contribution < -0.4 is 5.32 Å². The summed E-state index contributed by atoms with van der Waals surface area (Å²) in [4.78, 5) is 4.43. The van der Waals surface area contributed by atoms with E-state index in [2.05, 4.69) is 29.2 Å². The molecule has 4 heteroatoms. The van der Waals surface area contributed by atoms with E-state index in [1.807, 2.05) is 36.9 Å². The van der Waals surface area contributed by atoms with Gasteiger partial charge in [0.2, 0.25) is 0 Å². The molecule has 0 atom stereocenters. The summed E-state index contributed by atoms with van der Waals surface area (Å²) in [5, 5.41) is 7.81. The first-order valence-corrected chi connectivity index (χ1v) is 6.74. The summed E-state index contributed by atoms with van der Waals surface area (Å²) in [6.07, 6.45) is 2.15. The van der Waals surface area contributed by atoms with Crippen LogP contribution in [0.3, 0.4) is 0 Å². The fourth-order valence-corrected chi connectivity index (χ4v) is 2.30. The van der Waals surface area contributed by atoms with Crippen LogP contribution in [0.1, 0.15) is 29.1 Å². The quantitative estimate of drug-likeness (QED) is 0.839. The Morgan fingerprint density at radius 1 is 1.21 bits per heavy atom. The molecule has 0 spiro atoms. The fraction of sp³-hybridized carbons (Fsp3) is 0.467. The van der Waals surface area contributed by atoms with Gasteiger partial charge < -0.3 is 5.32 Å². The zero-order chi connectivity index (χ0) is 13.8. The van der Waals surface area contributed by atoms with Crippen LogP contribution in [0.15, 0.2) is 18.2 Å². The van der Waals surface area contributed by atoms with Gasteiger partial charge in [-0.3, -0.25) is 4.68 Å². The highest BCUT2D eigenvalue weighted by atomic mass is 15.3. The third kappa shape index (κ3) is 3.34. The van der Waals surface area contributed by atoms with E-state index in [4.69, 9.17) is 0 Å². The summed E-state index contributed by atoms with van der Waals surface area (Å²) in [7, 11) is 2.00. The Balaban J connectivity index is 1.84. The van der Waals surface area contributed by atoms with Gasteiger partial charge in [-0.15, -0.1) is 0 Å². The van der Waals surface area contributed by atoms with Crippen molar-refractivity contribution in [2.45, 2.75) is 33.6 Å². The Bertz CT molecular complexity index is 557. The molecule has 0 aromatic carbocycles. The second-order valence-electron chi connectivity index (χ2n) is 4.97. The minimum absolute atomic E-state index is 0.935. The summed E-state index contributed by atoms with van der Waals surface area (Å²) in [5.41, 5.74) is 4.84. The summed E-state index contributed by atoms with van der Waals surface area (Å²) < 4.78 is 1.96. The fourth-order valence-electron chi connectivity index (χ4n) is 2.30. The van der Waals surface area contributed by atoms with Crippen LogP contribution in [0.2, 0.25) is 0 Å². The van der Waals surface area contributed by atoms with Crippen LogP contribution in [0.4, 0.5) is 5.82 Å². The molecule has 2 rings (SSSR count). The van der Waals surface area contributed by atoms with Gasteiger partial charge in [0.05, 0.1) is 5.69 Å². The number of hydrogen-bond donors (Lipinski definition) is 1. The van der Waals surface area contributed by atoms with Crippen LogP contribution >= 0.6 is 0 Å². The van der Waals surface area contributed by atoms with Gasteiger partial charge in [0.1, 0.15) is 5.82 Å². The van der Waals surface area contributed by atoms with E-state index in [1.54, 1.807) is 0 Å². The van der Waals surface area contributed by atoms with Crippen molar-refractivity contribution in [3.05, 3.63) is 40.8 Å². The van der Waals surface area contributed by atoms with Crippen molar-refractivity contribution in [3.8, 4) is 0 Å². The van der Waals surface area contributed by atoms with Crippen LogP contribution in [-0.2, 0) is 13.5 Å². The van der Waals surface area contributed by atoms with Crippen molar-refractivity contribution in [1.82, 2.24) is 14.8 Å². The molecule has 0 unspecified atom stereocenters. The molecule has 0 radical (unpaired) electrons. The molecule has 1 N–H and O–H groups in total. The lowest BCUT2D eigenvalue weighted by Crippen LogP contribution is -2.05. The lowest BCUT2D eigenvalue weighted by atomic mass is 10.1. The molecule has 2 aromatic heterocycles. The van der Waals surface area contributed by atoms with Crippen LogP contribution in [0, 0.1) is 20.8 Å². The standard InChI is InChI=1S/C15H22N4/c1-11-7-5-9-15(17-11)16-10-6-8-14-12(2)18-19(4)13(14)3/h5,7,9H,6,8,10H2,1-4H3,(H,16,17). The van der Waals surface area contributed by atoms with Gasteiger partial charge in [-0.1, -0.05) is 6.07 Å². The first kappa shape index (κ1) is 13.6. The molecule has 2 heterocycles. The monoisotopic (exact) mass is 258 g/mol. The molecule has 0 aliphatic carbocycles. The Morgan fingerprint density at radius 2 is 2.00 bits per heavy atom. The predicted octanol–water partition coefficient (Wildman–Crippen LogP) is 2.79. The van der Waals surface area contributed by atoms with Crippen molar-refractivity contribution in [1.29, 1.82) is 0 Å². The minimum atomic E-state index is 0.935. The zero-order valence-corrected chi connectivity index (χ0v) is 12.2. The summed E-state index contributed by atoms with van der Waals surface area (Å²) in [5.74, 6) is 0.958. The third-order valence-corrected chi connectivity index (χ3v) is 3.46. The lowest BCUT2D eigenvalue weighted by molar-refractivity contribution is 0.729. The number of aryl methyl sites for hydroxylation is 3. The first-order valence-electron chi connectivity index (χ1n) is 6.74. The van der Waals surface area contributed by atoms with Gasteiger partial charge in [-0.2, -0.15) is 5.10 Å². The smallest absolute Gasteiger partial charge is 0.126 e. The summed E-state index contributed by atoms with van der Waals surface area (Å²) in [6, 6.07) is 6.04. The highest BCUT2D eigenvalue weighted by molar-refractivity contribution is 5.35. The maximum atomic E-state index is 4.44. The number of aromatic nitrogens is 3. The second-order valence-corrected chi connectivity index (χ2v) is 4.97. The van der Waals surface area contributed by atoms with Crippen LogP contribution in [0.5, 0.6) is 0 Å². The highest BCUT2D eigenvalue weighted by Gasteiger charge is 2.08. The molecule has 0 saturated carbocycles. The number of hydrogen-bond acceptors (Lipinski definition) is 3. The number of pyridine rings is 1. The topological polar surface area (TPSA) is 42.7 Å². The molecular weight excluding hydrogens is 236 g/mol. The SMILES string of the molecule is Cc1cccc(NCCCc2c(C)nn(C)c2C)n1. The van der Waals surface area contributed by atoms with Crippen molar-refractivity contribution in [2.24, 2.45) is 7.05 Å². The third-order valence-electron chi connectivity index (χ3n) is 3.46. The van der Waals surface area contributed by atoms with E-state index >= 15 is 0 Å². The maximum absolute atomic E-state index is 4.44. The molecule has 0 amide bonds. The average Bonchev–Trinajstić information content (AvgIpc) is 2.60. The van der Waals surface area contributed by atoms with Gasteiger partial charge in [0.15, 0.2) is 0 Å². The Morgan fingerprint density at radius 3 is 2.63 bits per heavy atom. The van der Waals surface area contributed by atoms with Gasteiger partial charge in [-0.05, 0) is 51.3 Å². The van der Waals surface area contributed by atoms with E-state index in [-0.39, 0.29) is 0 Å². The van der Waals surface area contributed by atoms with Crippen molar-refractivity contribution >= 4 is 5.82 Å². The largest absolute Gasteiger partial charge is 0.370 e. The van der Waals surface area contributed by atoms with E-state index in [0.717, 1.165) is 36.6 Å². The molecule has 19 heavy (non-hydrogen) atoms. The molecule has 0 aliphatic rings. The summed E-state index contributed by atoms with van der Waals surface area (Å²) in [6.45, 7) is 7.15. The molecule has 2 aromatic rings. The van der Waals surface area contributed by atoms with Gasteiger partial charge >= 0.3 is 0 Å². The molecule has 0 aliphatic heterocycles. The second kappa shape index (κ2) is 5.87. The van der Waals surface area contributed by atoms with Gasteiger partial charge in [-0.25, -0.2) is 4.98 Å². The predicted molar refractivity (Wildman–Crippen MR) is 78.5 cm³/mol. The minimum Gasteiger partial charge on any atom is -0.370 e. The number of anilines is 1. The Labute approximate surface area is 114 Å². The zero-order valence-electron chi connectivity index (χ0n) is 12.2. The molecule has 0 saturated heterocycles. The van der Waals surface area contributed by atoms with E-state index in [9.17, 15) is 0 Å². The van der Waals surface area contributed by atoms with Crippen molar-refractivity contribution in [3.63, 3.8) is 0 Å². The van der Waals surface area contributed by atoms with Crippen molar-refractivity contribution in [2.75, 3.05) is 11.9 Å². The summed E-state index contributed by atoms with van der Waals surface area (Å²) >= 11 is 0. The number of nitrogens with zero attached hydrogens (tertiary/aromatic N) is 3. The van der Waals surface area contributed by atoms with Crippen LogP contribution in [-0.4, -0.2) is 21.3 Å². The Kier molecular flexibility index (Phi) is 4.20. The van der Waals surface area contributed by atoms with Gasteiger partial charge in [0, 0.05) is 25.0 Å². The Hall–Kier alpha value is -1.84. The molecule has 0 fully saturated rings. The first-order chi connectivity index (χ1) is 9.08. The highest BCUT2D eigenvalue weighted by Crippen LogP contribution is 2.14. The van der Waals surface area contributed by atoms with E-state index < -0.39 is 0 Å². The molecule has 4 nitrogen and oxygen atoms in total. The number of nitrogens with one attached hydrogen (secondary N) is 1. The maximum Gasteiger partial charge on any atom is 0.126 e. The van der Waals surface area contributed by atoms with Gasteiger partial charge in [0.25, 0.3) is 0 Å². The normalized spacial score (nSPS) is 10.7. The van der Waals surface area contributed by atoms with Crippen molar-refractivity contribution < 1.29 is 0 Å².